The van der Waals surface area contributed by atoms with Crippen LogP contribution in [0.2, 0.25) is 0 Å². The topological polar surface area (TPSA) is 3.24 Å². The van der Waals surface area contributed by atoms with Crippen LogP contribution >= 0.6 is 0 Å². The second-order valence-corrected chi connectivity index (χ2v) is 3.82. The second-order valence-electron chi connectivity index (χ2n) is 3.82. The minimum absolute atomic E-state index is 0. The van der Waals surface area contributed by atoms with Crippen molar-refractivity contribution < 1.29 is 20.3 Å². The predicted molar refractivity (Wildman–Crippen MR) is 56.7 cm³/mol. The van der Waals surface area contributed by atoms with E-state index in [1.807, 2.05) is 0 Å². The fraction of sp³-hybridized carbons (Fsp3) is 0.500. The Morgan fingerprint density at radius 1 is 1.00 bits per heavy atom. The van der Waals surface area contributed by atoms with E-state index >= 15 is 0 Å². The standard InChI is InChI=1S/C12H17N.Li.H/c1-3-7-12(8-4-1)11-13-9-5-2-6-10-13;;/h1,3-4,7-8H,2,5-6,9-11H2;;/q;+1;-1. The summed E-state index contributed by atoms with van der Waals surface area (Å²) in [5.74, 6) is 0. The van der Waals surface area contributed by atoms with Crippen LogP contribution in [-0.2, 0) is 6.54 Å². The number of benzene rings is 1. The third kappa shape index (κ3) is 3.50. The van der Waals surface area contributed by atoms with E-state index in [1.54, 1.807) is 0 Å². The summed E-state index contributed by atoms with van der Waals surface area (Å²) in [6, 6.07) is 10.8. The van der Waals surface area contributed by atoms with Crippen LogP contribution in [0.4, 0.5) is 0 Å². The van der Waals surface area contributed by atoms with Gasteiger partial charge >= 0.3 is 18.9 Å². The molecule has 0 aliphatic carbocycles. The van der Waals surface area contributed by atoms with Crippen LogP contribution in [0, 0.1) is 0 Å². The molecule has 0 saturated carbocycles. The zero-order valence-corrected chi connectivity index (χ0v) is 9.08. The van der Waals surface area contributed by atoms with Gasteiger partial charge in [-0.25, -0.2) is 0 Å². The number of piperidine rings is 1. The van der Waals surface area contributed by atoms with E-state index in [9.17, 15) is 0 Å². The van der Waals surface area contributed by atoms with Crippen molar-refractivity contribution in [2.24, 2.45) is 0 Å². The normalized spacial score (nSPS) is 17.4. The Kier molecular flexibility index (Phi) is 5.33. The summed E-state index contributed by atoms with van der Waals surface area (Å²) in [5.41, 5.74) is 1.45. The van der Waals surface area contributed by atoms with Gasteiger partial charge in [-0.3, -0.25) is 4.90 Å². The minimum Gasteiger partial charge on any atom is -1.00 e. The molecule has 14 heavy (non-hydrogen) atoms. The van der Waals surface area contributed by atoms with Gasteiger partial charge in [0.15, 0.2) is 0 Å². The van der Waals surface area contributed by atoms with Crippen molar-refractivity contribution in [3.05, 3.63) is 35.9 Å². The SMILES string of the molecule is [H-].[Li+].c1ccc(CN2CCCCC2)cc1. The summed E-state index contributed by atoms with van der Waals surface area (Å²) in [7, 11) is 0. The summed E-state index contributed by atoms with van der Waals surface area (Å²) in [5, 5.41) is 0. The van der Waals surface area contributed by atoms with Gasteiger partial charge in [0.2, 0.25) is 0 Å². The van der Waals surface area contributed by atoms with Crippen LogP contribution in [0.5, 0.6) is 0 Å². The van der Waals surface area contributed by atoms with Gasteiger partial charge in [0.05, 0.1) is 0 Å². The average Bonchev–Trinajstić information content (AvgIpc) is 2.21. The molecule has 1 aromatic carbocycles. The number of rotatable bonds is 2. The first-order valence-electron chi connectivity index (χ1n) is 5.21. The summed E-state index contributed by atoms with van der Waals surface area (Å²) < 4.78 is 0. The molecular weight excluding hydrogens is 165 g/mol. The van der Waals surface area contributed by atoms with Crippen LogP contribution in [0.25, 0.3) is 0 Å². The van der Waals surface area contributed by atoms with Crippen molar-refractivity contribution in [3.8, 4) is 0 Å². The molecule has 1 fully saturated rings. The van der Waals surface area contributed by atoms with Crippen molar-refractivity contribution in [1.29, 1.82) is 0 Å². The minimum atomic E-state index is 0. The van der Waals surface area contributed by atoms with E-state index in [-0.39, 0.29) is 20.3 Å². The summed E-state index contributed by atoms with van der Waals surface area (Å²) >= 11 is 0. The van der Waals surface area contributed by atoms with Crippen LogP contribution in [0.1, 0.15) is 26.3 Å². The predicted octanol–water partition coefficient (Wildman–Crippen LogP) is -0.211. The molecular formula is C12H18LiN. The summed E-state index contributed by atoms with van der Waals surface area (Å²) in [6.45, 7) is 3.71. The fourth-order valence-corrected chi connectivity index (χ4v) is 1.96. The number of nitrogens with zero attached hydrogens (tertiary/aromatic N) is 1. The average molecular weight is 183 g/mol. The Morgan fingerprint density at radius 2 is 1.64 bits per heavy atom. The smallest absolute Gasteiger partial charge is 1.00 e. The molecule has 0 atom stereocenters. The van der Waals surface area contributed by atoms with Gasteiger partial charge in [-0.15, -0.1) is 0 Å². The van der Waals surface area contributed by atoms with E-state index in [2.05, 4.69) is 35.2 Å². The maximum Gasteiger partial charge on any atom is 1.00 e. The van der Waals surface area contributed by atoms with Crippen molar-refractivity contribution in [3.63, 3.8) is 0 Å². The molecule has 1 saturated heterocycles. The first kappa shape index (κ1) is 11.8. The van der Waals surface area contributed by atoms with Gasteiger partial charge in [0.1, 0.15) is 0 Å². The van der Waals surface area contributed by atoms with Crippen molar-refractivity contribution in [2.45, 2.75) is 25.8 Å². The number of hydrogen-bond acceptors (Lipinski definition) is 1. The van der Waals surface area contributed by atoms with Gasteiger partial charge in [-0.1, -0.05) is 36.8 Å². The van der Waals surface area contributed by atoms with E-state index in [0.717, 1.165) is 6.54 Å². The molecule has 0 bridgehead atoms. The fourth-order valence-electron chi connectivity index (χ4n) is 1.96. The molecule has 1 aliphatic rings. The maximum atomic E-state index is 2.55. The molecule has 1 aromatic rings. The Balaban J connectivity index is 0.000000980. The molecule has 0 aromatic heterocycles. The molecule has 0 unspecified atom stereocenters. The monoisotopic (exact) mass is 183 g/mol. The molecule has 2 rings (SSSR count). The van der Waals surface area contributed by atoms with E-state index in [1.165, 1.54) is 37.9 Å². The number of hydrogen-bond donors (Lipinski definition) is 0. The molecule has 1 heterocycles. The van der Waals surface area contributed by atoms with Gasteiger partial charge in [0.25, 0.3) is 0 Å². The molecule has 0 N–H and O–H groups in total. The first-order chi connectivity index (χ1) is 6.45. The van der Waals surface area contributed by atoms with Crippen LogP contribution in [-0.4, -0.2) is 18.0 Å². The van der Waals surface area contributed by atoms with Crippen molar-refractivity contribution >= 4 is 0 Å². The van der Waals surface area contributed by atoms with Crippen LogP contribution < -0.4 is 18.9 Å². The molecule has 72 valence electrons. The third-order valence-corrected chi connectivity index (χ3v) is 2.70. The zero-order valence-electron chi connectivity index (χ0n) is 10.1. The van der Waals surface area contributed by atoms with Crippen LogP contribution in [0.3, 0.4) is 0 Å². The first-order valence-corrected chi connectivity index (χ1v) is 5.21. The molecule has 1 aliphatic heterocycles. The van der Waals surface area contributed by atoms with Gasteiger partial charge in [-0.2, -0.15) is 0 Å². The van der Waals surface area contributed by atoms with Crippen LogP contribution in [0.15, 0.2) is 30.3 Å². The van der Waals surface area contributed by atoms with E-state index in [4.69, 9.17) is 0 Å². The Morgan fingerprint density at radius 3 is 2.29 bits per heavy atom. The molecule has 2 heteroatoms. The van der Waals surface area contributed by atoms with Gasteiger partial charge < -0.3 is 1.43 Å². The quantitative estimate of drug-likeness (QED) is 0.573. The molecule has 0 amide bonds. The Bertz CT molecular complexity index is 247. The third-order valence-electron chi connectivity index (χ3n) is 2.70. The molecule has 1 nitrogen and oxygen atoms in total. The number of likely N-dealkylation sites (tertiary alicyclic amines) is 1. The molecule has 0 spiro atoms. The maximum absolute atomic E-state index is 2.55. The van der Waals surface area contributed by atoms with Gasteiger partial charge in [0, 0.05) is 6.54 Å². The van der Waals surface area contributed by atoms with Gasteiger partial charge in [-0.05, 0) is 31.5 Å². The van der Waals surface area contributed by atoms with E-state index < -0.39 is 0 Å². The largest absolute Gasteiger partial charge is 1.00 e. The van der Waals surface area contributed by atoms with Crippen molar-refractivity contribution in [1.82, 2.24) is 4.90 Å². The summed E-state index contributed by atoms with van der Waals surface area (Å²) in [6.07, 6.45) is 4.19. The summed E-state index contributed by atoms with van der Waals surface area (Å²) in [4.78, 5) is 2.55. The van der Waals surface area contributed by atoms with Crippen molar-refractivity contribution in [2.75, 3.05) is 13.1 Å². The van der Waals surface area contributed by atoms with E-state index in [0.29, 0.717) is 0 Å². The zero-order chi connectivity index (χ0) is 8.93. The second kappa shape index (κ2) is 6.30. The Labute approximate surface area is 100 Å². The Hall–Kier alpha value is -0.223. The molecule has 0 radical (unpaired) electrons.